The molecule has 2 rings (SSSR count). The third-order valence-electron chi connectivity index (χ3n) is 3.72. The average molecular weight is 489 g/mol. The minimum absolute atomic E-state index is 0.0116. The van der Waals surface area contributed by atoms with E-state index in [2.05, 4.69) is 21.2 Å². The fourth-order valence-electron chi connectivity index (χ4n) is 2.45. The first-order chi connectivity index (χ1) is 14.7. The molecular weight excluding hydrogens is 472 g/mol. The molecular formula is C21H17BrN2O7. The minimum Gasteiger partial charge on any atom is -0.490 e. The first kappa shape index (κ1) is 23.4. The van der Waals surface area contributed by atoms with Crippen LogP contribution >= 0.6 is 15.9 Å². The van der Waals surface area contributed by atoms with Crippen molar-refractivity contribution in [3.05, 3.63) is 57.6 Å². The van der Waals surface area contributed by atoms with Crippen LogP contribution in [-0.2, 0) is 9.59 Å². The summed E-state index contributed by atoms with van der Waals surface area (Å²) in [5.41, 5.74) is 0.389. The fraction of sp³-hybridized carbons (Fsp3) is 0.143. The van der Waals surface area contributed by atoms with Crippen LogP contribution in [0.5, 0.6) is 11.5 Å². The van der Waals surface area contributed by atoms with Gasteiger partial charge in [-0.1, -0.05) is 6.07 Å². The van der Waals surface area contributed by atoms with Gasteiger partial charge >= 0.3 is 11.9 Å². The highest BCUT2D eigenvalue weighted by molar-refractivity contribution is 9.10. The highest BCUT2D eigenvalue weighted by Crippen LogP contribution is 2.37. The number of amides is 1. The van der Waals surface area contributed by atoms with Gasteiger partial charge in [0, 0.05) is 5.69 Å². The van der Waals surface area contributed by atoms with E-state index in [1.54, 1.807) is 13.0 Å². The molecule has 0 fully saturated rings. The predicted molar refractivity (Wildman–Crippen MR) is 114 cm³/mol. The molecule has 3 N–H and O–H groups in total. The number of carboxylic acids is 2. The molecule has 0 heterocycles. The molecule has 0 unspecified atom stereocenters. The number of nitrogens with one attached hydrogen (secondary N) is 1. The Hall–Kier alpha value is -3.84. The lowest BCUT2D eigenvalue weighted by Gasteiger charge is -2.13. The van der Waals surface area contributed by atoms with Crippen LogP contribution in [0, 0.1) is 11.3 Å². The highest BCUT2D eigenvalue weighted by Gasteiger charge is 2.16. The van der Waals surface area contributed by atoms with Gasteiger partial charge in [0.25, 0.3) is 5.91 Å². The Kier molecular flexibility index (Phi) is 8.16. The summed E-state index contributed by atoms with van der Waals surface area (Å²) < 4.78 is 11.1. The summed E-state index contributed by atoms with van der Waals surface area (Å²) in [5.74, 6) is -2.63. The monoisotopic (exact) mass is 488 g/mol. The number of nitrogens with zero attached hydrogens (tertiary/aromatic N) is 1. The fourth-order valence-corrected chi connectivity index (χ4v) is 3.03. The molecule has 31 heavy (non-hydrogen) atoms. The number of halogens is 1. The SMILES string of the molecule is CCOc1cc(/C=C(/C#N)C(=O)Nc2cccc(C(=O)O)c2)cc(Br)c1OCC(=O)O. The predicted octanol–water partition coefficient (Wildman–Crippen LogP) is 3.56. The van der Waals surface area contributed by atoms with Gasteiger partial charge in [-0.25, -0.2) is 9.59 Å². The highest BCUT2D eigenvalue weighted by atomic mass is 79.9. The number of benzene rings is 2. The van der Waals surface area contributed by atoms with Gasteiger partial charge < -0.3 is 25.0 Å². The van der Waals surface area contributed by atoms with E-state index < -0.39 is 24.5 Å². The van der Waals surface area contributed by atoms with E-state index in [0.717, 1.165) is 0 Å². The van der Waals surface area contributed by atoms with Crippen LogP contribution in [0.1, 0.15) is 22.8 Å². The van der Waals surface area contributed by atoms with Gasteiger partial charge in [-0.2, -0.15) is 5.26 Å². The zero-order chi connectivity index (χ0) is 23.0. The first-order valence-electron chi connectivity index (χ1n) is 8.82. The maximum atomic E-state index is 12.5. The summed E-state index contributed by atoms with van der Waals surface area (Å²) >= 11 is 3.28. The van der Waals surface area contributed by atoms with E-state index in [1.807, 2.05) is 0 Å². The molecule has 0 aliphatic heterocycles. The Morgan fingerprint density at radius 2 is 1.94 bits per heavy atom. The summed E-state index contributed by atoms with van der Waals surface area (Å²) in [6.07, 6.45) is 1.31. The number of hydrogen-bond acceptors (Lipinski definition) is 6. The van der Waals surface area contributed by atoms with Crippen molar-refractivity contribution < 1.29 is 34.1 Å². The topological polar surface area (TPSA) is 146 Å². The maximum absolute atomic E-state index is 12.5. The van der Waals surface area contributed by atoms with Gasteiger partial charge in [-0.3, -0.25) is 4.79 Å². The first-order valence-corrected chi connectivity index (χ1v) is 9.61. The standard InChI is InChI=1S/C21H17BrN2O7/c1-2-30-17-8-12(7-16(22)19(17)31-11-18(25)26)6-14(10-23)20(27)24-15-5-3-4-13(9-15)21(28)29/h3-9H,2,11H2,1H3,(H,24,27)(H,25,26)(H,28,29)/b14-6-. The van der Waals surface area contributed by atoms with Gasteiger partial charge in [0.15, 0.2) is 18.1 Å². The Labute approximate surface area is 185 Å². The Bertz CT molecular complexity index is 1090. The lowest BCUT2D eigenvalue weighted by atomic mass is 10.1. The molecule has 0 aromatic heterocycles. The van der Waals surface area contributed by atoms with E-state index in [-0.39, 0.29) is 34.9 Å². The number of carbonyl (C=O) groups excluding carboxylic acids is 1. The molecule has 0 spiro atoms. The van der Waals surface area contributed by atoms with Crippen molar-refractivity contribution in [2.75, 3.05) is 18.5 Å². The van der Waals surface area contributed by atoms with Gasteiger partial charge in [0.1, 0.15) is 11.6 Å². The number of ether oxygens (including phenoxy) is 2. The Balaban J connectivity index is 2.33. The Morgan fingerprint density at radius 3 is 2.55 bits per heavy atom. The molecule has 9 nitrogen and oxygen atoms in total. The number of aromatic carboxylic acids is 1. The average Bonchev–Trinajstić information content (AvgIpc) is 2.71. The van der Waals surface area contributed by atoms with Crippen molar-refractivity contribution >= 4 is 45.5 Å². The third-order valence-corrected chi connectivity index (χ3v) is 4.30. The molecule has 0 bridgehead atoms. The molecule has 0 aliphatic rings. The number of anilines is 1. The zero-order valence-electron chi connectivity index (χ0n) is 16.2. The molecule has 0 radical (unpaired) electrons. The quantitative estimate of drug-likeness (QED) is 0.358. The van der Waals surface area contributed by atoms with E-state index >= 15 is 0 Å². The van der Waals surface area contributed by atoms with Crippen LogP contribution in [0.15, 0.2) is 46.4 Å². The largest absolute Gasteiger partial charge is 0.490 e. The number of carbonyl (C=O) groups is 3. The lowest BCUT2D eigenvalue weighted by molar-refractivity contribution is -0.139. The van der Waals surface area contributed by atoms with Crippen LogP contribution in [0.2, 0.25) is 0 Å². The normalized spacial score (nSPS) is 10.7. The van der Waals surface area contributed by atoms with Crippen LogP contribution in [0.3, 0.4) is 0 Å². The van der Waals surface area contributed by atoms with Gasteiger partial charge in [-0.05, 0) is 64.8 Å². The molecule has 1 amide bonds. The van der Waals surface area contributed by atoms with Gasteiger partial charge in [0.05, 0.1) is 16.6 Å². The number of carboxylic acid groups (broad SMARTS) is 2. The van der Waals surface area contributed by atoms with Crippen molar-refractivity contribution in [2.45, 2.75) is 6.92 Å². The third kappa shape index (κ3) is 6.58. The van der Waals surface area contributed by atoms with Crippen molar-refractivity contribution in [3.8, 4) is 17.6 Å². The van der Waals surface area contributed by atoms with Crippen molar-refractivity contribution in [1.82, 2.24) is 0 Å². The summed E-state index contributed by atoms with van der Waals surface area (Å²) in [4.78, 5) is 34.3. The molecule has 2 aromatic carbocycles. The Morgan fingerprint density at radius 1 is 1.19 bits per heavy atom. The number of nitriles is 1. The second-order valence-corrected chi connectivity index (χ2v) is 6.81. The van der Waals surface area contributed by atoms with Crippen molar-refractivity contribution in [3.63, 3.8) is 0 Å². The maximum Gasteiger partial charge on any atom is 0.341 e. The summed E-state index contributed by atoms with van der Waals surface area (Å²) in [6, 6.07) is 10.5. The number of rotatable bonds is 9. The molecule has 0 saturated heterocycles. The number of aliphatic carboxylic acids is 1. The molecule has 2 aromatic rings. The second kappa shape index (κ2) is 10.8. The molecule has 160 valence electrons. The van der Waals surface area contributed by atoms with Crippen LogP contribution in [0.25, 0.3) is 6.08 Å². The van der Waals surface area contributed by atoms with Gasteiger partial charge in [-0.15, -0.1) is 0 Å². The summed E-state index contributed by atoms with van der Waals surface area (Å²) in [6.45, 7) is 1.43. The smallest absolute Gasteiger partial charge is 0.341 e. The van der Waals surface area contributed by atoms with E-state index in [1.165, 1.54) is 42.5 Å². The van der Waals surface area contributed by atoms with E-state index in [0.29, 0.717) is 10.0 Å². The van der Waals surface area contributed by atoms with Crippen LogP contribution in [0.4, 0.5) is 5.69 Å². The van der Waals surface area contributed by atoms with E-state index in [9.17, 15) is 19.6 Å². The molecule has 0 atom stereocenters. The molecule has 10 heteroatoms. The van der Waals surface area contributed by atoms with Crippen LogP contribution in [-0.4, -0.2) is 41.3 Å². The zero-order valence-corrected chi connectivity index (χ0v) is 17.8. The molecule has 0 aliphatic carbocycles. The molecule has 0 saturated carbocycles. The number of hydrogen-bond donors (Lipinski definition) is 3. The summed E-state index contributed by atoms with van der Waals surface area (Å²) in [7, 11) is 0. The van der Waals surface area contributed by atoms with Gasteiger partial charge in [0.2, 0.25) is 0 Å². The van der Waals surface area contributed by atoms with Crippen molar-refractivity contribution in [1.29, 1.82) is 5.26 Å². The minimum atomic E-state index is -1.16. The summed E-state index contributed by atoms with van der Waals surface area (Å²) in [5, 5.41) is 29.8. The van der Waals surface area contributed by atoms with E-state index in [4.69, 9.17) is 19.7 Å². The lowest BCUT2D eigenvalue weighted by Crippen LogP contribution is -2.14. The second-order valence-electron chi connectivity index (χ2n) is 5.96. The van der Waals surface area contributed by atoms with Crippen molar-refractivity contribution in [2.24, 2.45) is 0 Å². The van der Waals surface area contributed by atoms with Crippen LogP contribution < -0.4 is 14.8 Å².